The predicted octanol–water partition coefficient (Wildman–Crippen LogP) is 2.04. The van der Waals surface area contributed by atoms with Crippen LogP contribution in [0.15, 0.2) is 39.2 Å². The predicted molar refractivity (Wildman–Crippen MR) is 77.9 cm³/mol. The van der Waals surface area contributed by atoms with Gasteiger partial charge in [-0.15, -0.1) is 11.3 Å². The van der Waals surface area contributed by atoms with Crippen molar-refractivity contribution in [3.05, 3.63) is 40.5 Å². The third-order valence-electron chi connectivity index (χ3n) is 2.73. The average Bonchev–Trinajstić information content (AvgIpc) is 3.07. The highest BCUT2D eigenvalue weighted by atomic mass is 32.2. The number of carbonyl (C=O) groups excluding carboxylic acids is 1. The van der Waals surface area contributed by atoms with Crippen LogP contribution in [-0.2, 0) is 21.2 Å². The largest absolute Gasteiger partial charge is 0.469 e. The van der Waals surface area contributed by atoms with Gasteiger partial charge in [0.25, 0.3) is 0 Å². The van der Waals surface area contributed by atoms with E-state index in [-0.39, 0.29) is 15.8 Å². The lowest BCUT2D eigenvalue weighted by molar-refractivity contribution is 0.0602. The maximum Gasteiger partial charge on any atom is 0.349 e. The van der Waals surface area contributed by atoms with Crippen molar-refractivity contribution < 1.29 is 22.4 Å². The molecule has 0 saturated carbocycles. The van der Waals surface area contributed by atoms with E-state index in [0.29, 0.717) is 12.2 Å². The molecule has 114 valence electrons. The zero-order chi connectivity index (χ0) is 15.5. The maximum absolute atomic E-state index is 12.3. The van der Waals surface area contributed by atoms with Crippen LogP contribution in [0.2, 0.25) is 0 Å². The third-order valence-corrected chi connectivity index (χ3v) is 5.39. The molecule has 0 aliphatic carbocycles. The molecule has 2 aromatic rings. The highest BCUT2D eigenvalue weighted by molar-refractivity contribution is 7.89. The monoisotopic (exact) mass is 329 g/mol. The minimum absolute atomic E-state index is 0.0642. The summed E-state index contributed by atoms with van der Waals surface area (Å²) in [5, 5.41) is 1.54. The number of ether oxygens (including phenoxy) is 1. The Morgan fingerprint density at radius 1 is 1.48 bits per heavy atom. The summed E-state index contributed by atoms with van der Waals surface area (Å²) in [4.78, 5) is 11.6. The summed E-state index contributed by atoms with van der Waals surface area (Å²) in [6.07, 6.45) is 1.95. The summed E-state index contributed by atoms with van der Waals surface area (Å²) in [5.74, 6) is 0.0211. The summed E-state index contributed by atoms with van der Waals surface area (Å²) in [5.41, 5.74) is 0. The van der Waals surface area contributed by atoms with E-state index < -0.39 is 16.0 Å². The fraction of sp³-hybridized carbons (Fsp3) is 0.308. The van der Waals surface area contributed by atoms with Crippen LogP contribution in [0.4, 0.5) is 0 Å². The van der Waals surface area contributed by atoms with E-state index in [9.17, 15) is 13.2 Å². The molecule has 1 atom stereocenters. The van der Waals surface area contributed by atoms with E-state index in [2.05, 4.69) is 9.46 Å². The highest BCUT2D eigenvalue weighted by Gasteiger charge is 2.26. The fourth-order valence-electron chi connectivity index (χ4n) is 1.85. The number of sulfonamides is 1. The van der Waals surface area contributed by atoms with Crippen LogP contribution in [0.3, 0.4) is 0 Å². The van der Waals surface area contributed by atoms with Crippen LogP contribution in [-0.4, -0.2) is 27.5 Å². The molecule has 6 nitrogen and oxygen atoms in total. The molecule has 0 aliphatic rings. The Balaban J connectivity index is 2.15. The lowest BCUT2D eigenvalue weighted by Gasteiger charge is -2.13. The van der Waals surface area contributed by atoms with Crippen molar-refractivity contribution in [2.45, 2.75) is 24.3 Å². The van der Waals surface area contributed by atoms with Gasteiger partial charge in [-0.25, -0.2) is 17.9 Å². The minimum Gasteiger partial charge on any atom is -0.469 e. The topological polar surface area (TPSA) is 85.6 Å². The molecule has 0 saturated heterocycles. The molecule has 2 heterocycles. The van der Waals surface area contributed by atoms with Gasteiger partial charge in [-0.2, -0.15) is 0 Å². The quantitative estimate of drug-likeness (QED) is 0.820. The molecule has 2 aromatic heterocycles. The van der Waals surface area contributed by atoms with Gasteiger partial charge < -0.3 is 9.15 Å². The summed E-state index contributed by atoms with van der Waals surface area (Å²) in [6, 6.07) is 4.53. The summed E-state index contributed by atoms with van der Waals surface area (Å²) >= 11 is 1.03. The van der Waals surface area contributed by atoms with Crippen LogP contribution in [0.25, 0.3) is 0 Å². The maximum atomic E-state index is 12.3. The first-order valence-electron chi connectivity index (χ1n) is 6.14. The van der Waals surface area contributed by atoms with Crippen molar-refractivity contribution in [1.82, 2.24) is 4.72 Å². The average molecular weight is 329 g/mol. The van der Waals surface area contributed by atoms with Crippen LogP contribution in [0.1, 0.15) is 22.4 Å². The molecule has 0 bridgehead atoms. The van der Waals surface area contributed by atoms with Crippen LogP contribution < -0.4 is 4.72 Å². The molecule has 0 aromatic carbocycles. The number of rotatable bonds is 6. The van der Waals surface area contributed by atoms with Crippen molar-refractivity contribution >= 4 is 27.3 Å². The molecular weight excluding hydrogens is 314 g/mol. The van der Waals surface area contributed by atoms with Crippen LogP contribution in [0.5, 0.6) is 0 Å². The van der Waals surface area contributed by atoms with Crippen molar-refractivity contribution in [1.29, 1.82) is 0 Å². The smallest absolute Gasteiger partial charge is 0.349 e. The number of methoxy groups -OCH3 is 1. The number of thiophene rings is 1. The molecule has 2 rings (SSSR count). The highest BCUT2D eigenvalue weighted by Crippen LogP contribution is 2.23. The molecule has 0 spiro atoms. The molecule has 21 heavy (non-hydrogen) atoms. The van der Waals surface area contributed by atoms with E-state index in [1.807, 2.05) is 0 Å². The Hall–Kier alpha value is -1.64. The molecule has 1 N–H and O–H groups in total. The fourth-order valence-corrected chi connectivity index (χ4v) is 4.43. The number of furan rings is 1. The molecule has 8 heteroatoms. The Morgan fingerprint density at radius 3 is 2.86 bits per heavy atom. The van der Waals surface area contributed by atoms with E-state index in [1.54, 1.807) is 19.1 Å². The van der Waals surface area contributed by atoms with Gasteiger partial charge in [0.05, 0.1) is 13.4 Å². The normalized spacial score (nSPS) is 13.0. The van der Waals surface area contributed by atoms with Crippen molar-refractivity contribution in [3.8, 4) is 0 Å². The SMILES string of the molecule is COC(=O)c1sccc1S(=O)(=O)N[C@@H](C)Cc1ccco1. The Morgan fingerprint density at radius 2 is 2.24 bits per heavy atom. The van der Waals surface area contributed by atoms with Gasteiger partial charge in [-0.3, -0.25) is 0 Å². The Bertz CT molecular complexity index is 703. The van der Waals surface area contributed by atoms with Crippen LogP contribution >= 0.6 is 11.3 Å². The molecule has 0 radical (unpaired) electrons. The van der Waals surface area contributed by atoms with Gasteiger partial charge in [-0.05, 0) is 30.5 Å². The van der Waals surface area contributed by atoms with E-state index in [4.69, 9.17) is 4.42 Å². The van der Waals surface area contributed by atoms with Crippen molar-refractivity contribution in [2.75, 3.05) is 7.11 Å². The van der Waals surface area contributed by atoms with Crippen molar-refractivity contribution in [2.24, 2.45) is 0 Å². The molecule has 0 aliphatic heterocycles. The van der Waals surface area contributed by atoms with Gasteiger partial charge in [-0.1, -0.05) is 0 Å². The van der Waals surface area contributed by atoms with Crippen LogP contribution in [0, 0.1) is 0 Å². The van der Waals surface area contributed by atoms with Gasteiger partial charge in [0, 0.05) is 12.5 Å². The van der Waals surface area contributed by atoms with E-state index in [0.717, 1.165) is 11.3 Å². The second kappa shape index (κ2) is 6.42. The molecule has 0 fully saturated rings. The summed E-state index contributed by atoms with van der Waals surface area (Å²) in [6.45, 7) is 1.73. The third kappa shape index (κ3) is 3.72. The number of nitrogens with one attached hydrogen (secondary N) is 1. The summed E-state index contributed by atoms with van der Waals surface area (Å²) in [7, 11) is -2.57. The Kier molecular flexibility index (Phi) is 4.81. The van der Waals surface area contributed by atoms with Gasteiger partial charge in [0.1, 0.15) is 15.5 Å². The van der Waals surface area contributed by atoms with E-state index in [1.165, 1.54) is 24.8 Å². The van der Waals surface area contributed by atoms with Gasteiger partial charge in [0.15, 0.2) is 0 Å². The molecule has 0 unspecified atom stereocenters. The molecular formula is C13H15NO5S2. The standard InChI is InChI=1S/C13H15NO5S2/c1-9(8-10-4-3-6-19-10)14-21(16,17)11-5-7-20-12(11)13(15)18-2/h3-7,9,14H,8H2,1-2H3/t9-/m0/s1. The second-order valence-corrected chi connectivity index (χ2v) is 7.01. The summed E-state index contributed by atoms with van der Waals surface area (Å²) < 4.78 is 37.0. The second-order valence-electron chi connectivity index (χ2n) is 4.41. The van der Waals surface area contributed by atoms with Gasteiger partial charge >= 0.3 is 5.97 Å². The first kappa shape index (κ1) is 15.7. The number of esters is 1. The van der Waals surface area contributed by atoms with Crippen molar-refractivity contribution in [3.63, 3.8) is 0 Å². The van der Waals surface area contributed by atoms with E-state index >= 15 is 0 Å². The van der Waals surface area contributed by atoms with Gasteiger partial charge in [0.2, 0.25) is 10.0 Å². The number of carbonyl (C=O) groups is 1. The lowest BCUT2D eigenvalue weighted by atomic mass is 10.2. The zero-order valence-electron chi connectivity index (χ0n) is 11.5. The first-order valence-corrected chi connectivity index (χ1v) is 8.51. The lowest BCUT2D eigenvalue weighted by Crippen LogP contribution is -2.34. The Labute approximate surface area is 126 Å². The molecule has 0 amide bonds. The number of hydrogen-bond donors (Lipinski definition) is 1. The first-order chi connectivity index (χ1) is 9.94. The minimum atomic E-state index is -3.79. The number of hydrogen-bond acceptors (Lipinski definition) is 6. The zero-order valence-corrected chi connectivity index (χ0v) is 13.2.